The van der Waals surface area contributed by atoms with Crippen molar-refractivity contribution in [2.45, 2.75) is 44.8 Å². The summed E-state index contributed by atoms with van der Waals surface area (Å²) in [5, 5.41) is 8.42. The molecule has 0 heterocycles. The molecule has 0 unspecified atom stereocenters. The van der Waals surface area contributed by atoms with Gasteiger partial charge in [-0.3, -0.25) is 0 Å². The lowest BCUT2D eigenvalue weighted by atomic mass is 10.3. The van der Waals surface area contributed by atoms with Crippen LogP contribution in [0, 0.1) is 0 Å². The van der Waals surface area contributed by atoms with Crippen LogP contribution in [0.2, 0.25) is 0 Å². The smallest absolute Gasteiger partial charge is 0.330 e. The lowest BCUT2D eigenvalue weighted by molar-refractivity contribution is -0.158. The maximum Gasteiger partial charge on any atom is 0.330 e. The van der Waals surface area contributed by atoms with Crippen LogP contribution < -0.4 is 4.74 Å². The van der Waals surface area contributed by atoms with Crippen LogP contribution in [0.4, 0.5) is 0 Å². The molecule has 7 nitrogen and oxygen atoms in total. The Balaban J connectivity index is 0.000000244. The first kappa shape index (κ1) is 25.5. The van der Waals surface area contributed by atoms with Crippen molar-refractivity contribution < 1.29 is 33.6 Å². The van der Waals surface area contributed by atoms with Crippen molar-refractivity contribution in [3.63, 3.8) is 0 Å². The summed E-state index contributed by atoms with van der Waals surface area (Å²) in [5.74, 6) is 2.24. The van der Waals surface area contributed by atoms with Crippen LogP contribution in [-0.2, 0) is 23.7 Å². The molecule has 0 saturated heterocycles. The molecule has 1 aromatic rings. The van der Waals surface area contributed by atoms with Crippen molar-refractivity contribution >= 4 is 5.97 Å². The minimum atomic E-state index is -0.558. The normalized spacial score (nSPS) is 14.7. The number of esters is 1. The Hall–Kier alpha value is -2.77. The summed E-state index contributed by atoms with van der Waals surface area (Å²) >= 11 is 0. The van der Waals surface area contributed by atoms with Gasteiger partial charge >= 0.3 is 5.97 Å². The molecule has 1 aromatic carbocycles. The number of benzene rings is 1. The fourth-order valence-electron chi connectivity index (χ4n) is 3.04. The van der Waals surface area contributed by atoms with Gasteiger partial charge in [0, 0.05) is 18.9 Å². The first-order valence-corrected chi connectivity index (χ1v) is 11.1. The van der Waals surface area contributed by atoms with E-state index in [0.29, 0.717) is 19.8 Å². The lowest BCUT2D eigenvalue weighted by Crippen LogP contribution is -2.24. The molecule has 32 heavy (non-hydrogen) atoms. The van der Waals surface area contributed by atoms with E-state index in [1.165, 1.54) is 0 Å². The number of aliphatic hydroxyl groups excluding tert-OH is 1. The SMILES string of the molecule is C=CC(=O)OCC(OC1=CCCC1)OC1=CCCC1.OCCOCCOc1ccccc1. The average molecular weight is 447 g/mol. The number of allylic oxidation sites excluding steroid dienone is 4. The van der Waals surface area contributed by atoms with Crippen molar-refractivity contribution in [3.05, 3.63) is 66.7 Å². The lowest BCUT2D eigenvalue weighted by Gasteiger charge is -2.21. The predicted molar refractivity (Wildman–Crippen MR) is 121 cm³/mol. The molecule has 3 rings (SSSR count). The van der Waals surface area contributed by atoms with Gasteiger partial charge in [0.1, 0.15) is 12.4 Å². The van der Waals surface area contributed by atoms with Crippen LogP contribution in [0.25, 0.3) is 0 Å². The van der Waals surface area contributed by atoms with Crippen molar-refractivity contribution in [2.75, 3.05) is 33.0 Å². The Bertz CT molecular complexity index is 701. The number of hydrogen-bond donors (Lipinski definition) is 1. The van der Waals surface area contributed by atoms with Gasteiger partial charge in [-0.15, -0.1) is 0 Å². The molecule has 0 aliphatic heterocycles. The summed E-state index contributed by atoms with van der Waals surface area (Å²) in [7, 11) is 0. The summed E-state index contributed by atoms with van der Waals surface area (Å²) < 4.78 is 26.9. The van der Waals surface area contributed by atoms with Crippen LogP contribution in [0.5, 0.6) is 5.75 Å². The minimum absolute atomic E-state index is 0.0609. The molecule has 0 fully saturated rings. The van der Waals surface area contributed by atoms with Crippen LogP contribution in [0.15, 0.2) is 66.7 Å². The fraction of sp³-hybridized carbons (Fsp3) is 0.480. The number of hydrogen-bond acceptors (Lipinski definition) is 7. The first-order valence-electron chi connectivity index (χ1n) is 11.1. The molecular formula is C25H34O7. The maximum atomic E-state index is 11.1. The summed E-state index contributed by atoms with van der Waals surface area (Å²) in [5.41, 5.74) is 0. The topological polar surface area (TPSA) is 83.5 Å². The zero-order valence-electron chi connectivity index (χ0n) is 18.6. The Kier molecular flexibility index (Phi) is 12.7. The molecule has 0 spiro atoms. The van der Waals surface area contributed by atoms with E-state index >= 15 is 0 Å². The van der Waals surface area contributed by atoms with Crippen LogP contribution in [-0.4, -0.2) is 50.4 Å². The maximum absolute atomic E-state index is 11.1. The molecule has 0 radical (unpaired) electrons. The standard InChI is InChI=1S/C15H20O4.C10H14O3/c1-2-14(16)17-11-15(18-12-7-3-4-8-12)19-13-9-5-6-10-13;11-6-7-12-8-9-13-10-4-2-1-3-5-10/h2,7,9,15H,1,3-6,8,10-11H2;1-5,11H,6-9H2. The molecule has 0 atom stereocenters. The van der Waals surface area contributed by atoms with Gasteiger partial charge in [-0.2, -0.15) is 0 Å². The van der Waals surface area contributed by atoms with Gasteiger partial charge in [-0.25, -0.2) is 4.79 Å². The average Bonchev–Trinajstić information content (AvgIpc) is 3.53. The number of ether oxygens (including phenoxy) is 5. The van der Waals surface area contributed by atoms with Gasteiger partial charge in [0.15, 0.2) is 6.61 Å². The molecule has 176 valence electrons. The highest BCUT2D eigenvalue weighted by Crippen LogP contribution is 2.24. The largest absolute Gasteiger partial charge is 0.491 e. The fourth-order valence-corrected chi connectivity index (χ4v) is 3.04. The minimum Gasteiger partial charge on any atom is -0.491 e. The highest BCUT2D eigenvalue weighted by Gasteiger charge is 2.19. The molecule has 2 aliphatic rings. The van der Waals surface area contributed by atoms with E-state index in [9.17, 15) is 4.79 Å². The first-order chi connectivity index (χ1) is 15.7. The molecule has 2 aliphatic carbocycles. The summed E-state index contributed by atoms with van der Waals surface area (Å²) in [6.07, 6.45) is 10.9. The molecule has 0 amide bonds. The van der Waals surface area contributed by atoms with Crippen molar-refractivity contribution in [1.29, 1.82) is 0 Å². The van der Waals surface area contributed by atoms with Crippen LogP contribution >= 0.6 is 0 Å². The Morgan fingerprint density at radius 1 is 1.00 bits per heavy atom. The molecule has 7 heteroatoms. The van der Waals surface area contributed by atoms with Gasteiger partial charge in [-0.05, 0) is 50.0 Å². The van der Waals surface area contributed by atoms with Gasteiger partial charge in [0.05, 0.1) is 31.3 Å². The van der Waals surface area contributed by atoms with Crippen molar-refractivity contribution in [3.8, 4) is 5.75 Å². The Morgan fingerprint density at radius 2 is 1.66 bits per heavy atom. The zero-order valence-corrected chi connectivity index (χ0v) is 18.6. The second kappa shape index (κ2) is 15.9. The summed E-state index contributed by atoms with van der Waals surface area (Å²) in [6.45, 7) is 4.91. The van der Waals surface area contributed by atoms with E-state index in [0.717, 1.165) is 61.9 Å². The quantitative estimate of drug-likeness (QED) is 0.209. The second-order valence-corrected chi connectivity index (χ2v) is 7.12. The van der Waals surface area contributed by atoms with E-state index in [2.05, 4.69) is 18.7 Å². The molecule has 0 bridgehead atoms. The Labute approximate surface area is 190 Å². The van der Waals surface area contributed by atoms with Gasteiger partial charge in [0.2, 0.25) is 0 Å². The predicted octanol–water partition coefficient (Wildman–Crippen LogP) is 4.28. The molecule has 0 aromatic heterocycles. The summed E-state index contributed by atoms with van der Waals surface area (Å²) in [6, 6.07) is 9.57. The second-order valence-electron chi connectivity index (χ2n) is 7.12. The van der Waals surface area contributed by atoms with Crippen LogP contribution in [0.1, 0.15) is 38.5 Å². The van der Waals surface area contributed by atoms with Gasteiger partial charge in [-0.1, -0.05) is 24.8 Å². The van der Waals surface area contributed by atoms with Gasteiger partial charge < -0.3 is 28.8 Å². The molecular weight excluding hydrogens is 412 g/mol. The van der Waals surface area contributed by atoms with Crippen molar-refractivity contribution in [2.24, 2.45) is 0 Å². The van der Waals surface area contributed by atoms with E-state index in [1.54, 1.807) is 0 Å². The highest BCUT2D eigenvalue weighted by molar-refractivity contribution is 5.81. The number of rotatable bonds is 13. The van der Waals surface area contributed by atoms with E-state index in [-0.39, 0.29) is 13.2 Å². The van der Waals surface area contributed by atoms with E-state index in [4.69, 9.17) is 28.8 Å². The third-order valence-corrected chi connectivity index (χ3v) is 4.57. The van der Waals surface area contributed by atoms with E-state index in [1.807, 2.05) is 30.3 Å². The van der Waals surface area contributed by atoms with E-state index < -0.39 is 12.3 Å². The zero-order chi connectivity index (χ0) is 22.9. The third kappa shape index (κ3) is 11.0. The van der Waals surface area contributed by atoms with Crippen molar-refractivity contribution in [1.82, 2.24) is 0 Å². The summed E-state index contributed by atoms with van der Waals surface area (Å²) in [4.78, 5) is 11.1. The Morgan fingerprint density at radius 3 is 2.19 bits per heavy atom. The number of carbonyl (C=O) groups excluding carboxylic acids is 1. The highest BCUT2D eigenvalue weighted by atomic mass is 16.7. The van der Waals surface area contributed by atoms with Crippen LogP contribution in [0.3, 0.4) is 0 Å². The molecule has 0 saturated carbocycles. The number of carbonyl (C=O) groups is 1. The third-order valence-electron chi connectivity index (χ3n) is 4.57. The number of para-hydroxylation sites is 1. The monoisotopic (exact) mass is 446 g/mol. The molecule has 1 N–H and O–H groups in total. The van der Waals surface area contributed by atoms with Gasteiger partial charge in [0.25, 0.3) is 6.29 Å². The number of aliphatic hydroxyl groups is 1.